The zero-order valence-corrected chi connectivity index (χ0v) is 43.8. The Kier molecular flexibility index (Phi) is 22.8. The van der Waals surface area contributed by atoms with Crippen LogP contribution in [0.25, 0.3) is 0 Å². The molecule has 0 bridgehead atoms. The van der Waals surface area contributed by atoms with Crippen LogP contribution in [0.1, 0.15) is 229 Å². The minimum Gasteiger partial charge on any atom is -0.481 e. The Morgan fingerprint density at radius 2 is 0.952 bits per heavy atom. The summed E-state index contributed by atoms with van der Waals surface area (Å²) in [5.74, 6) is -2.74. The van der Waals surface area contributed by atoms with E-state index in [-0.39, 0.29) is 44.3 Å². The van der Waals surface area contributed by atoms with E-state index >= 15 is 0 Å². The molecule has 0 saturated heterocycles. The lowest BCUT2D eigenvalue weighted by Crippen LogP contribution is -2.35. The fraction of sp³-hybridized carbons (Fsp3) is 0.904. The zero-order valence-electron chi connectivity index (χ0n) is 43.8. The molecule has 10 nitrogen and oxygen atoms in total. The second-order valence-corrected chi connectivity index (χ2v) is 26.2. The van der Waals surface area contributed by atoms with Gasteiger partial charge in [0.15, 0.2) is 0 Å². The van der Waals surface area contributed by atoms with Crippen molar-refractivity contribution in [1.82, 2.24) is 0 Å². The van der Waals surface area contributed by atoms with Crippen molar-refractivity contribution in [2.24, 2.45) is 72.4 Å². The first-order valence-corrected chi connectivity index (χ1v) is 23.6. The van der Waals surface area contributed by atoms with E-state index in [2.05, 4.69) is 104 Å². The van der Waals surface area contributed by atoms with Gasteiger partial charge in [-0.15, -0.1) is 0 Å². The van der Waals surface area contributed by atoms with Crippen LogP contribution in [0.3, 0.4) is 0 Å². The van der Waals surface area contributed by atoms with Crippen molar-refractivity contribution in [3.05, 3.63) is 0 Å². The number of carboxylic acids is 5. The van der Waals surface area contributed by atoms with Gasteiger partial charge in [-0.3, -0.25) is 24.0 Å². The van der Waals surface area contributed by atoms with Gasteiger partial charge in [0.1, 0.15) is 0 Å². The summed E-state index contributed by atoms with van der Waals surface area (Å²) < 4.78 is 0. The first-order valence-electron chi connectivity index (χ1n) is 23.6. The van der Waals surface area contributed by atoms with E-state index in [0.717, 1.165) is 70.6 Å². The van der Waals surface area contributed by atoms with Crippen molar-refractivity contribution in [3.63, 3.8) is 0 Å². The standard InChI is InChI=1S/2C11H20O2.C11H22O2.C10H18O2.C9H18O2/c1-10(2,3)8-11(9(12)13)6-4-5-7-11;1-11(2,3)9-7-5-4-6-8(9)10(12)13;1-6-11(7-2,9(12)13)8-10(3,4)5;1-9(2,3)7-6(8(11)12)10(7,4)5;1-8(2,3)6-9(4,5)7(10)11/h4-8H2,1-3H3,(H,12,13);8-9H,4-7H2,1-3H3,(H,12,13);6-8H2,1-5H3,(H,12,13);6-7H,1-5H3,(H,11,12);6H2,1-5H3,(H,10,11). The molecule has 3 aliphatic carbocycles. The highest BCUT2D eigenvalue weighted by Crippen LogP contribution is 2.65. The van der Waals surface area contributed by atoms with E-state index in [1.165, 1.54) is 6.42 Å². The van der Waals surface area contributed by atoms with Crippen molar-refractivity contribution in [1.29, 1.82) is 0 Å². The first kappa shape index (κ1) is 61.4. The van der Waals surface area contributed by atoms with Crippen molar-refractivity contribution in [2.45, 2.75) is 229 Å². The van der Waals surface area contributed by atoms with E-state index in [1.807, 2.05) is 27.7 Å². The summed E-state index contributed by atoms with van der Waals surface area (Å²) >= 11 is 0. The molecule has 0 aromatic rings. The highest BCUT2D eigenvalue weighted by Gasteiger charge is 2.66. The molecule has 0 aliphatic heterocycles. The summed E-state index contributed by atoms with van der Waals surface area (Å²) in [5, 5.41) is 45.2. The normalized spacial score (nSPS) is 22.3. The average Bonchev–Trinajstić information content (AvgIpc) is 3.38. The number of aliphatic carboxylic acids is 5. The predicted molar refractivity (Wildman–Crippen MR) is 253 cm³/mol. The molecule has 3 fully saturated rings. The minimum atomic E-state index is -0.715. The quantitative estimate of drug-likeness (QED) is 0.141. The highest BCUT2D eigenvalue weighted by atomic mass is 16.4. The number of hydrogen-bond acceptors (Lipinski definition) is 5. The maximum absolute atomic E-state index is 11.2. The molecule has 0 aromatic carbocycles. The Labute approximate surface area is 379 Å². The monoisotopic (exact) mass is 883 g/mol. The molecule has 366 valence electrons. The van der Waals surface area contributed by atoms with Crippen molar-refractivity contribution >= 4 is 29.8 Å². The van der Waals surface area contributed by atoms with Gasteiger partial charge in [-0.1, -0.05) is 157 Å². The van der Waals surface area contributed by atoms with Gasteiger partial charge in [0.2, 0.25) is 0 Å². The third kappa shape index (κ3) is 20.9. The molecule has 3 saturated carbocycles. The summed E-state index contributed by atoms with van der Waals surface area (Å²) in [6, 6.07) is 0. The Balaban J connectivity index is 0. The Bertz CT molecular complexity index is 1400. The van der Waals surface area contributed by atoms with Gasteiger partial charge >= 0.3 is 29.8 Å². The van der Waals surface area contributed by atoms with Crippen LogP contribution in [0.2, 0.25) is 0 Å². The zero-order chi connectivity index (χ0) is 49.9. The van der Waals surface area contributed by atoms with Gasteiger partial charge in [-0.05, 0) is 116 Å². The lowest BCUT2D eigenvalue weighted by molar-refractivity contribution is -0.152. The van der Waals surface area contributed by atoms with E-state index in [1.54, 1.807) is 13.8 Å². The predicted octanol–water partition coefficient (Wildman–Crippen LogP) is 14.2. The lowest BCUT2D eigenvalue weighted by Gasteiger charge is -2.38. The lowest BCUT2D eigenvalue weighted by atomic mass is 9.66. The van der Waals surface area contributed by atoms with Crippen LogP contribution < -0.4 is 0 Å². The number of carbonyl (C=O) groups is 5. The molecule has 3 rings (SSSR count). The van der Waals surface area contributed by atoms with E-state index in [0.29, 0.717) is 18.3 Å². The van der Waals surface area contributed by atoms with Crippen LogP contribution in [-0.2, 0) is 24.0 Å². The molecular formula is C52H98O10. The van der Waals surface area contributed by atoms with E-state index in [4.69, 9.17) is 15.3 Å². The fourth-order valence-corrected chi connectivity index (χ4v) is 11.0. The second-order valence-electron chi connectivity index (χ2n) is 26.2. The van der Waals surface area contributed by atoms with Gasteiger partial charge in [0.05, 0.1) is 28.1 Å². The molecule has 4 unspecified atom stereocenters. The molecule has 5 N–H and O–H groups in total. The summed E-state index contributed by atoms with van der Waals surface area (Å²) in [7, 11) is 0. The van der Waals surface area contributed by atoms with E-state index < -0.39 is 46.1 Å². The van der Waals surface area contributed by atoms with Gasteiger partial charge in [-0.25, -0.2) is 0 Å². The van der Waals surface area contributed by atoms with Crippen LogP contribution in [-0.4, -0.2) is 55.4 Å². The van der Waals surface area contributed by atoms with Crippen LogP contribution >= 0.6 is 0 Å². The molecule has 10 heteroatoms. The molecule has 3 aliphatic rings. The molecule has 4 atom stereocenters. The topological polar surface area (TPSA) is 186 Å². The smallest absolute Gasteiger partial charge is 0.309 e. The number of carboxylic acid groups (broad SMARTS) is 5. The first-order chi connectivity index (χ1) is 27.4. The molecule has 0 radical (unpaired) electrons. The van der Waals surface area contributed by atoms with Crippen LogP contribution in [0.15, 0.2) is 0 Å². The molecule has 0 aromatic heterocycles. The summed E-state index contributed by atoms with van der Waals surface area (Å²) in [6.07, 6.45) is 11.9. The molecule has 62 heavy (non-hydrogen) atoms. The second kappa shape index (κ2) is 23.0. The fourth-order valence-electron chi connectivity index (χ4n) is 11.0. The Hall–Kier alpha value is -2.65. The van der Waals surface area contributed by atoms with Crippen molar-refractivity contribution < 1.29 is 49.5 Å². The summed E-state index contributed by atoms with van der Waals surface area (Å²) in [5.41, 5.74) is -0.968. The number of hydrogen-bond donors (Lipinski definition) is 5. The summed E-state index contributed by atoms with van der Waals surface area (Å²) in [4.78, 5) is 54.9. The van der Waals surface area contributed by atoms with Gasteiger partial charge < -0.3 is 25.5 Å². The third-order valence-corrected chi connectivity index (χ3v) is 13.3. The average molecular weight is 883 g/mol. The maximum Gasteiger partial charge on any atom is 0.309 e. The van der Waals surface area contributed by atoms with Crippen LogP contribution in [0, 0.1) is 72.4 Å². The van der Waals surface area contributed by atoms with Crippen molar-refractivity contribution in [3.8, 4) is 0 Å². The highest BCUT2D eigenvalue weighted by molar-refractivity contribution is 5.76. The Morgan fingerprint density at radius 1 is 0.532 bits per heavy atom. The van der Waals surface area contributed by atoms with Gasteiger partial charge in [0.25, 0.3) is 0 Å². The molecule has 0 spiro atoms. The molecule has 0 heterocycles. The van der Waals surface area contributed by atoms with Crippen LogP contribution in [0.4, 0.5) is 0 Å². The third-order valence-electron chi connectivity index (χ3n) is 13.3. The maximum atomic E-state index is 11.2. The minimum absolute atomic E-state index is 0.00984. The van der Waals surface area contributed by atoms with Gasteiger partial charge in [-0.2, -0.15) is 0 Å². The number of rotatable bonds is 10. The molecular weight excluding hydrogens is 785 g/mol. The summed E-state index contributed by atoms with van der Waals surface area (Å²) in [6.45, 7) is 43.1. The van der Waals surface area contributed by atoms with Crippen LogP contribution in [0.5, 0.6) is 0 Å². The SMILES string of the molecule is CC(C)(C)C1C(C(=O)O)C1(C)C.CC(C)(C)C1CCCCC1C(=O)O.CC(C)(C)CC(C)(C)C(=O)O.CC(C)(C)CC1(C(=O)O)CCCC1.CCC(CC)(CC(C)(C)C)C(=O)O. The van der Waals surface area contributed by atoms with Crippen molar-refractivity contribution in [2.75, 3.05) is 0 Å². The Morgan fingerprint density at radius 3 is 1.15 bits per heavy atom. The van der Waals surface area contributed by atoms with Gasteiger partial charge in [0, 0.05) is 0 Å². The molecule has 0 amide bonds. The largest absolute Gasteiger partial charge is 0.481 e. The van der Waals surface area contributed by atoms with E-state index in [9.17, 15) is 34.2 Å².